The van der Waals surface area contributed by atoms with Gasteiger partial charge in [0.25, 0.3) is 0 Å². The molecule has 0 amide bonds. The van der Waals surface area contributed by atoms with Crippen molar-refractivity contribution in [3.8, 4) is 0 Å². The van der Waals surface area contributed by atoms with E-state index in [0.29, 0.717) is 5.69 Å². The molecule has 66 valence electrons. The average molecular weight is 167 g/mol. The van der Waals surface area contributed by atoms with Gasteiger partial charge in [-0.25, -0.2) is 0 Å². The van der Waals surface area contributed by atoms with E-state index in [1.807, 2.05) is 23.8 Å². The highest BCUT2D eigenvalue weighted by molar-refractivity contribution is 5.92. The molecule has 0 aliphatic heterocycles. The third kappa shape index (κ3) is 1.56. The van der Waals surface area contributed by atoms with Gasteiger partial charge in [-0.2, -0.15) is 0 Å². The predicted molar refractivity (Wildman–Crippen MR) is 46.2 cm³/mol. The number of hydrogen-bond donors (Lipinski definition) is 0. The summed E-state index contributed by atoms with van der Waals surface area (Å²) < 4.78 is 6.90. The Hall–Kier alpha value is -1.09. The van der Waals surface area contributed by atoms with Crippen LogP contribution in [-0.4, -0.2) is 17.5 Å². The summed E-state index contributed by atoms with van der Waals surface area (Å²) in [6, 6.07) is 3.63. The number of ketones is 1. The number of ether oxygens (including phenoxy) is 1. The van der Waals surface area contributed by atoms with Crippen LogP contribution in [0.1, 0.15) is 30.6 Å². The van der Waals surface area contributed by atoms with Gasteiger partial charge in [0.05, 0.1) is 5.69 Å². The Balaban J connectivity index is 2.98. The zero-order valence-electron chi connectivity index (χ0n) is 7.57. The first kappa shape index (κ1) is 9.00. The molecule has 0 spiro atoms. The molecule has 0 aliphatic carbocycles. The summed E-state index contributed by atoms with van der Waals surface area (Å²) in [6.07, 6.45) is 1.75. The van der Waals surface area contributed by atoms with Crippen molar-refractivity contribution in [1.82, 2.24) is 4.57 Å². The lowest BCUT2D eigenvalue weighted by Crippen LogP contribution is -2.11. The van der Waals surface area contributed by atoms with Crippen LogP contribution in [0, 0.1) is 0 Å². The largest absolute Gasteiger partial charge is 0.362 e. The van der Waals surface area contributed by atoms with Gasteiger partial charge in [0.1, 0.15) is 6.23 Å². The van der Waals surface area contributed by atoms with Crippen molar-refractivity contribution in [2.24, 2.45) is 0 Å². The molecule has 1 heterocycles. The van der Waals surface area contributed by atoms with Crippen LogP contribution >= 0.6 is 0 Å². The summed E-state index contributed by atoms with van der Waals surface area (Å²) in [5.74, 6) is 0.0592. The van der Waals surface area contributed by atoms with Gasteiger partial charge in [-0.15, -0.1) is 0 Å². The van der Waals surface area contributed by atoms with Crippen LogP contribution in [-0.2, 0) is 4.74 Å². The van der Waals surface area contributed by atoms with E-state index in [4.69, 9.17) is 4.74 Å². The molecule has 0 radical (unpaired) electrons. The molecule has 1 atom stereocenters. The lowest BCUT2D eigenvalue weighted by atomic mass is 10.3. The van der Waals surface area contributed by atoms with E-state index in [1.165, 1.54) is 0 Å². The molecule has 12 heavy (non-hydrogen) atoms. The van der Waals surface area contributed by atoms with Crippen molar-refractivity contribution in [3.05, 3.63) is 24.0 Å². The van der Waals surface area contributed by atoms with Crippen LogP contribution in [0.5, 0.6) is 0 Å². The highest BCUT2D eigenvalue weighted by Gasteiger charge is 2.09. The molecular formula is C9H13NO2. The van der Waals surface area contributed by atoms with Gasteiger partial charge in [-0.3, -0.25) is 4.79 Å². The van der Waals surface area contributed by atoms with E-state index >= 15 is 0 Å². The fraction of sp³-hybridized carbons (Fsp3) is 0.444. The van der Waals surface area contributed by atoms with Crippen molar-refractivity contribution in [1.29, 1.82) is 0 Å². The van der Waals surface area contributed by atoms with Gasteiger partial charge in [0, 0.05) is 20.2 Å². The van der Waals surface area contributed by atoms with Crippen molar-refractivity contribution >= 4 is 5.78 Å². The summed E-state index contributed by atoms with van der Waals surface area (Å²) in [4.78, 5) is 11.1. The van der Waals surface area contributed by atoms with Crippen molar-refractivity contribution in [2.75, 3.05) is 7.11 Å². The molecule has 3 nitrogen and oxygen atoms in total. The Bertz CT molecular complexity index is 278. The van der Waals surface area contributed by atoms with Crippen LogP contribution < -0.4 is 0 Å². The lowest BCUT2D eigenvalue weighted by molar-refractivity contribution is 0.0573. The number of carbonyl (C=O) groups excluding carboxylic acids is 1. The predicted octanol–water partition coefficient (Wildman–Crippen LogP) is 1.86. The summed E-state index contributed by atoms with van der Waals surface area (Å²) in [5, 5.41) is 0. The summed E-state index contributed by atoms with van der Waals surface area (Å²) in [6.45, 7) is 3.45. The minimum Gasteiger partial charge on any atom is -0.362 e. The maximum absolute atomic E-state index is 11.1. The third-order valence-electron chi connectivity index (χ3n) is 1.87. The highest BCUT2D eigenvalue weighted by Crippen LogP contribution is 2.11. The van der Waals surface area contributed by atoms with Crippen LogP contribution in [0.4, 0.5) is 0 Å². The van der Waals surface area contributed by atoms with Crippen molar-refractivity contribution < 1.29 is 9.53 Å². The van der Waals surface area contributed by atoms with Crippen LogP contribution in [0.15, 0.2) is 18.3 Å². The SMILES string of the molecule is COC(C)n1cccc1C(C)=O. The Kier molecular flexibility index (Phi) is 2.65. The molecular weight excluding hydrogens is 154 g/mol. The van der Waals surface area contributed by atoms with E-state index in [0.717, 1.165) is 0 Å². The molecule has 0 saturated heterocycles. The van der Waals surface area contributed by atoms with E-state index < -0.39 is 0 Å². The Morgan fingerprint density at radius 2 is 2.33 bits per heavy atom. The summed E-state index contributed by atoms with van der Waals surface area (Å²) >= 11 is 0. The van der Waals surface area contributed by atoms with Gasteiger partial charge in [0.15, 0.2) is 5.78 Å². The van der Waals surface area contributed by atoms with E-state index in [9.17, 15) is 4.79 Å². The van der Waals surface area contributed by atoms with Gasteiger partial charge in [-0.1, -0.05) is 0 Å². The van der Waals surface area contributed by atoms with Gasteiger partial charge < -0.3 is 9.30 Å². The van der Waals surface area contributed by atoms with Gasteiger partial charge in [-0.05, 0) is 19.1 Å². The number of hydrogen-bond acceptors (Lipinski definition) is 2. The number of aromatic nitrogens is 1. The van der Waals surface area contributed by atoms with Crippen LogP contribution in [0.2, 0.25) is 0 Å². The first-order valence-corrected chi connectivity index (χ1v) is 3.87. The smallest absolute Gasteiger partial charge is 0.176 e. The lowest BCUT2D eigenvalue weighted by Gasteiger charge is -2.13. The molecule has 0 aliphatic rings. The zero-order chi connectivity index (χ0) is 9.14. The van der Waals surface area contributed by atoms with Crippen molar-refractivity contribution in [2.45, 2.75) is 20.1 Å². The van der Waals surface area contributed by atoms with E-state index in [1.54, 1.807) is 20.1 Å². The zero-order valence-corrected chi connectivity index (χ0v) is 7.57. The molecule has 1 aromatic heterocycles. The molecule has 1 rings (SSSR count). The quantitative estimate of drug-likeness (QED) is 0.643. The monoisotopic (exact) mass is 167 g/mol. The summed E-state index contributed by atoms with van der Waals surface area (Å²) in [7, 11) is 1.62. The second-order valence-electron chi connectivity index (χ2n) is 2.69. The fourth-order valence-corrected chi connectivity index (χ4v) is 1.12. The molecule has 0 aromatic carbocycles. The molecule has 0 saturated carbocycles. The second-order valence-corrected chi connectivity index (χ2v) is 2.69. The molecule has 0 N–H and O–H groups in total. The molecule has 0 bridgehead atoms. The van der Waals surface area contributed by atoms with Gasteiger partial charge >= 0.3 is 0 Å². The number of nitrogens with zero attached hydrogens (tertiary/aromatic N) is 1. The highest BCUT2D eigenvalue weighted by atomic mass is 16.5. The van der Waals surface area contributed by atoms with Crippen molar-refractivity contribution in [3.63, 3.8) is 0 Å². The number of Topliss-reactive ketones (excluding diaryl/α,β-unsaturated/α-hetero) is 1. The first-order valence-electron chi connectivity index (χ1n) is 3.87. The average Bonchev–Trinajstić information content (AvgIpc) is 2.50. The van der Waals surface area contributed by atoms with Crippen LogP contribution in [0.25, 0.3) is 0 Å². The van der Waals surface area contributed by atoms with Gasteiger partial charge in [0.2, 0.25) is 0 Å². The third-order valence-corrected chi connectivity index (χ3v) is 1.87. The van der Waals surface area contributed by atoms with E-state index in [-0.39, 0.29) is 12.0 Å². The number of methoxy groups -OCH3 is 1. The Morgan fingerprint density at radius 3 is 2.83 bits per heavy atom. The molecule has 3 heteroatoms. The minimum absolute atomic E-state index is 0.0592. The van der Waals surface area contributed by atoms with Crippen LogP contribution in [0.3, 0.4) is 0 Å². The first-order chi connectivity index (χ1) is 5.66. The van der Waals surface area contributed by atoms with E-state index in [2.05, 4.69) is 0 Å². The second kappa shape index (κ2) is 3.54. The molecule has 0 fully saturated rings. The normalized spacial score (nSPS) is 12.9. The standard InChI is InChI=1S/C9H13NO2/c1-7(11)9-5-4-6-10(9)8(2)12-3/h4-6,8H,1-3H3. The number of rotatable bonds is 3. The topological polar surface area (TPSA) is 31.2 Å². The summed E-state index contributed by atoms with van der Waals surface area (Å²) in [5.41, 5.74) is 0.685. The Morgan fingerprint density at radius 1 is 1.67 bits per heavy atom. The maximum Gasteiger partial charge on any atom is 0.176 e. The number of carbonyl (C=O) groups is 1. The maximum atomic E-state index is 11.1. The Labute approximate surface area is 72.0 Å². The molecule has 1 unspecified atom stereocenters. The molecule has 1 aromatic rings. The minimum atomic E-state index is -0.0844. The fourth-order valence-electron chi connectivity index (χ4n) is 1.12.